The number of esters is 3. The lowest BCUT2D eigenvalue weighted by molar-refractivity contribution is -0.220. The van der Waals surface area contributed by atoms with Gasteiger partial charge in [0.15, 0.2) is 0 Å². The molecule has 0 heterocycles. The summed E-state index contributed by atoms with van der Waals surface area (Å²) in [5.74, 6) is -7.14. The Bertz CT molecular complexity index is 1640. The van der Waals surface area contributed by atoms with Crippen LogP contribution in [0.4, 0.5) is 13.2 Å². The largest absolute Gasteiger partial charge is 0.459 e. The zero-order valence-electron chi connectivity index (χ0n) is 26.4. The van der Waals surface area contributed by atoms with Crippen LogP contribution in [0.3, 0.4) is 0 Å². The van der Waals surface area contributed by atoms with Crippen LogP contribution in [0.15, 0.2) is 24.3 Å². The molecule has 3 rings (SSSR count). The predicted octanol–water partition coefficient (Wildman–Crippen LogP) is 1.61. The van der Waals surface area contributed by atoms with Gasteiger partial charge in [-0.25, -0.2) is 9.59 Å². The van der Waals surface area contributed by atoms with Gasteiger partial charge in [0.1, 0.15) is 18.0 Å². The van der Waals surface area contributed by atoms with Gasteiger partial charge in [-0.3, -0.25) is 9.35 Å². The van der Waals surface area contributed by atoms with Gasteiger partial charge in [0.2, 0.25) is 6.10 Å². The molecule has 2 aromatic carbocycles. The van der Waals surface area contributed by atoms with E-state index in [-0.39, 0.29) is 61.9 Å². The van der Waals surface area contributed by atoms with Crippen LogP contribution < -0.4 is 0 Å². The average Bonchev–Trinajstić information content (AvgIpc) is 3.05. The number of rotatable bonds is 14. The molecule has 12 radical (unpaired) electrons. The van der Waals surface area contributed by atoms with Gasteiger partial charge >= 0.3 is 24.1 Å². The van der Waals surface area contributed by atoms with Crippen LogP contribution in [-0.4, -0.2) is 108 Å². The molecule has 2 aromatic rings. The topological polar surface area (TPSA) is 133 Å². The fourth-order valence-electron chi connectivity index (χ4n) is 5.67. The summed E-state index contributed by atoms with van der Waals surface area (Å²) in [4.78, 5) is 40.2. The van der Waals surface area contributed by atoms with Crippen molar-refractivity contribution in [2.45, 2.75) is 81.7 Å². The summed E-state index contributed by atoms with van der Waals surface area (Å²) in [6.45, 7) is 0. The van der Waals surface area contributed by atoms with E-state index in [1.807, 2.05) is 0 Å². The number of alkyl halides is 3. The van der Waals surface area contributed by atoms with Crippen molar-refractivity contribution in [3.8, 4) is 0 Å². The van der Waals surface area contributed by atoms with Gasteiger partial charge in [-0.15, -0.1) is 0 Å². The first-order chi connectivity index (χ1) is 23.0. The molecule has 4 unspecified atom stereocenters. The van der Waals surface area contributed by atoms with Crippen LogP contribution in [0.5, 0.6) is 0 Å². The average molecular weight is 687 g/mol. The first-order valence-corrected chi connectivity index (χ1v) is 16.7. The van der Waals surface area contributed by atoms with E-state index in [1.54, 1.807) is 12.1 Å². The van der Waals surface area contributed by atoms with E-state index in [9.17, 15) is 36.0 Å². The molecule has 4 atom stereocenters. The van der Waals surface area contributed by atoms with Gasteiger partial charge in [-0.1, -0.05) is 72.3 Å². The molecule has 0 aliphatic heterocycles. The Labute approximate surface area is 291 Å². The summed E-state index contributed by atoms with van der Waals surface area (Å²) in [6.07, 6.45) is -12.0. The van der Waals surface area contributed by atoms with Gasteiger partial charge in [-0.2, -0.15) is 21.6 Å². The van der Waals surface area contributed by atoms with Crippen molar-refractivity contribution in [1.29, 1.82) is 0 Å². The Morgan fingerprint density at radius 1 is 0.776 bits per heavy atom. The summed E-state index contributed by atoms with van der Waals surface area (Å²) in [6, 6.07) is 6.22. The van der Waals surface area contributed by atoms with E-state index in [1.165, 1.54) is 12.1 Å². The summed E-state index contributed by atoms with van der Waals surface area (Å²) >= 11 is 0. The zero-order valence-corrected chi connectivity index (χ0v) is 27.2. The molecular formula is C30H29B6F3O9S. The monoisotopic (exact) mass is 688 g/mol. The van der Waals surface area contributed by atoms with Gasteiger partial charge in [0.25, 0.3) is 10.1 Å². The molecule has 49 heavy (non-hydrogen) atoms. The molecule has 1 N–H and O–H groups in total. The van der Waals surface area contributed by atoms with Gasteiger partial charge in [0, 0.05) is 6.42 Å². The molecule has 1 fully saturated rings. The summed E-state index contributed by atoms with van der Waals surface area (Å²) in [5, 5.41) is 0. The number of benzene rings is 2. The highest BCUT2D eigenvalue weighted by atomic mass is 32.2. The minimum atomic E-state index is -5.40. The maximum Gasteiger partial charge on any atom is 0.426 e. The first-order valence-electron chi connectivity index (χ1n) is 15.1. The fraction of sp³-hybridized carbons (Fsp3) is 0.500. The van der Waals surface area contributed by atoms with Crippen molar-refractivity contribution in [1.82, 2.24) is 0 Å². The van der Waals surface area contributed by atoms with Crippen molar-refractivity contribution in [2.75, 3.05) is 5.75 Å². The Hall–Kier alpha value is -3.06. The third-order valence-electron chi connectivity index (χ3n) is 8.12. The molecule has 0 aromatic heterocycles. The maximum absolute atomic E-state index is 13.7. The third kappa shape index (κ3) is 10.5. The molecule has 0 spiro atoms. The summed E-state index contributed by atoms with van der Waals surface area (Å²) < 4.78 is 88.7. The van der Waals surface area contributed by atoms with Crippen molar-refractivity contribution in [2.24, 2.45) is 5.92 Å². The van der Waals surface area contributed by atoms with E-state index in [0.29, 0.717) is 33.4 Å². The van der Waals surface area contributed by atoms with E-state index < -0.39 is 70.6 Å². The third-order valence-corrected chi connectivity index (χ3v) is 8.85. The lowest BCUT2D eigenvalue weighted by Gasteiger charge is -2.35. The zero-order chi connectivity index (χ0) is 36.7. The van der Waals surface area contributed by atoms with Gasteiger partial charge in [0.05, 0.1) is 64.1 Å². The van der Waals surface area contributed by atoms with Crippen LogP contribution in [0.2, 0.25) is 0 Å². The van der Waals surface area contributed by atoms with Crippen molar-refractivity contribution >= 4 is 75.1 Å². The molecule has 1 aliphatic carbocycles. The van der Waals surface area contributed by atoms with E-state index >= 15 is 0 Å². The second-order valence-electron chi connectivity index (χ2n) is 11.4. The highest BCUT2D eigenvalue weighted by Crippen LogP contribution is 2.34. The van der Waals surface area contributed by atoms with Crippen molar-refractivity contribution in [3.63, 3.8) is 0 Å². The molecule has 0 bridgehead atoms. The second-order valence-corrected chi connectivity index (χ2v) is 12.9. The number of hydrogen-bond acceptors (Lipinski definition) is 8. The quantitative estimate of drug-likeness (QED) is 0.136. The highest BCUT2D eigenvalue weighted by molar-refractivity contribution is 7.85. The van der Waals surface area contributed by atoms with Gasteiger partial charge in [-0.05, 0) is 36.1 Å². The van der Waals surface area contributed by atoms with Crippen molar-refractivity contribution < 1.29 is 54.7 Å². The molecule has 9 nitrogen and oxygen atoms in total. The lowest BCUT2D eigenvalue weighted by atomic mass is 9.80. The number of carbonyl (C=O) groups is 3. The highest BCUT2D eigenvalue weighted by Gasteiger charge is 2.48. The summed E-state index contributed by atoms with van der Waals surface area (Å²) in [5.41, 5.74) is 2.81. The smallest absolute Gasteiger partial charge is 0.426 e. The first kappa shape index (κ1) is 40.4. The van der Waals surface area contributed by atoms with Gasteiger partial charge < -0.3 is 14.2 Å². The molecular weight excluding hydrogens is 658 g/mol. The molecule has 0 saturated heterocycles. The minimum absolute atomic E-state index is 0.00842. The van der Waals surface area contributed by atoms with Crippen LogP contribution in [0.25, 0.3) is 0 Å². The number of halogens is 3. The Kier molecular flexibility index (Phi) is 14.2. The Morgan fingerprint density at radius 3 is 1.67 bits per heavy atom. The number of ether oxygens (including phenoxy) is 3. The van der Waals surface area contributed by atoms with Crippen LogP contribution in [0, 0.1) is 5.92 Å². The molecule has 19 heteroatoms. The second kappa shape index (κ2) is 17.2. The fourth-order valence-corrected chi connectivity index (χ4v) is 6.31. The standard InChI is InChI=1S/C30H29B6F3O9S/c31-8-15-3-17(10-33)23(12-35)20(5-15)27(40)46-19-1-2-25(22(7-19)29(42)48-26(30(37,38)39)14-49(43,44)45)47-28(41)21-6-16(9-32)4-18(11-34)24(21)13-36/h3-6,19,22,25-26H,1-2,7-14H2,(H,43,44,45). The van der Waals surface area contributed by atoms with Crippen molar-refractivity contribution in [3.05, 3.63) is 68.8 Å². The van der Waals surface area contributed by atoms with E-state index in [2.05, 4.69) is 4.74 Å². The normalized spacial score (nSPS) is 18.7. The summed E-state index contributed by atoms with van der Waals surface area (Å²) in [7, 11) is 29.6. The number of hydrogen-bond donors (Lipinski definition) is 1. The lowest BCUT2D eigenvalue weighted by Crippen LogP contribution is -2.46. The number of carbonyl (C=O) groups excluding carboxylic acids is 3. The molecule has 248 valence electrons. The Morgan fingerprint density at radius 2 is 1.27 bits per heavy atom. The minimum Gasteiger partial charge on any atom is -0.459 e. The van der Waals surface area contributed by atoms with Crippen LogP contribution >= 0.6 is 0 Å². The van der Waals surface area contributed by atoms with Crippen LogP contribution in [0.1, 0.15) is 73.4 Å². The van der Waals surface area contributed by atoms with Crippen LogP contribution in [-0.2, 0) is 67.0 Å². The SMILES string of the molecule is [B]Cc1cc(C[B])c(C[B])c(C(=O)OC2CCC(OC(=O)c3cc(C[B])cc(C[B])c3C[B])C(C(=O)OC(CS(=O)(=O)O)C(F)(F)F)C2)c1. The van der Waals surface area contributed by atoms with E-state index in [0.717, 1.165) is 0 Å². The Balaban J connectivity index is 1.97. The van der Waals surface area contributed by atoms with E-state index in [4.69, 9.17) is 61.1 Å². The molecule has 1 saturated carbocycles. The maximum atomic E-state index is 13.7. The molecule has 1 aliphatic rings. The molecule has 0 amide bonds. The predicted molar refractivity (Wildman–Crippen MR) is 178 cm³/mol.